The molecule has 0 aliphatic carbocycles. The van der Waals surface area contributed by atoms with Gasteiger partial charge >= 0.3 is 6.09 Å². The Kier molecular flexibility index (Phi) is 6.36. The summed E-state index contributed by atoms with van der Waals surface area (Å²) in [7, 11) is -2.78. The summed E-state index contributed by atoms with van der Waals surface area (Å²) >= 11 is 0. The van der Waals surface area contributed by atoms with E-state index in [9.17, 15) is 13.8 Å². The lowest BCUT2D eigenvalue weighted by molar-refractivity contribution is 0.0276. The molecule has 2 aliphatic heterocycles. The quantitative estimate of drug-likeness (QED) is 0.584. The number of carbonyl (C=O) groups excluding carboxylic acids is 1. The second-order valence-electron chi connectivity index (χ2n) is 10.6. The van der Waals surface area contributed by atoms with E-state index in [0.29, 0.717) is 35.7 Å². The second kappa shape index (κ2) is 8.84. The summed E-state index contributed by atoms with van der Waals surface area (Å²) in [5.74, 6) is 0.910. The van der Waals surface area contributed by atoms with Gasteiger partial charge in [-0.25, -0.2) is 19.2 Å². The summed E-state index contributed by atoms with van der Waals surface area (Å²) in [6.07, 6.45) is 4.56. The van der Waals surface area contributed by atoms with Crippen LogP contribution in [0.3, 0.4) is 0 Å². The molecule has 2 aromatic rings. The smallest absolute Gasteiger partial charge is 0.410 e. The van der Waals surface area contributed by atoms with Crippen molar-refractivity contribution < 1.29 is 23.2 Å². The highest BCUT2D eigenvalue weighted by atomic mass is 31.2. The number of nitrogens with zero attached hydrogens (tertiary/aromatic N) is 4. The molecule has 2 saturated heterocycles. The van der Waals surface area contributed by atoms with Crippen molar-refractivity contribution in [1.82, 2.24) is 14.9 Å². The number of hydrogen-bond donors (Lipinski definition) is 0. The minimum Gasteiger partial charge on any atom is -0.451 e. The molecular formula is C24H32FN4O4P. The van der Waals surface area contributed by atoms with E-state index in [1.807, 2.05) is 20.8 Å². The minimum atomic E-state index is -2.78. The first-order chi connectivity index (χ1) is 15.9. The van der Waals surface area contributed by atoms with Crippen LogP contribution >= 0.6 is 7.14 Å². The van der Waals surface area contributed by atoms with Gasteiger partial charge in [0.2, 0.25) is 0 Å². The Morgan fingerprint density at radius 3 is 2.59 bits per heavy atom. The van der Waals surface area contributed by atoms with Crippen LogP contribution < -0.4 is 14.9 Å². The summed E-state index contributed by atoms with van der Waals surface area (Å²) in [5, 5.41) is 0.337. The third-order valence-electron chi connectivity index (χ3n) is 6.21. The van der Waals surface area contributed by atoms with Crippen molar-refractivity contribution in [3.8, 4) is 11.5 Å². The molecular weight excluding hydrogens is 458 g/mol. The SMILES string of the molecule is CC(C)(C)OC(=O)N1CCC2(CCN(c3ncncc3Oc3ccc(F)cc3P(C)(C)=O)C2)C1. The largest absolute Gasteiger partial charge is 0.451 e. The predicted molar refractivity (Wildman–Crippen MR) is 129 cm³/mol. The van der Waals surface area contributed by atoms with Gasteiger partial charge in [0.25, 0.3) is 0 Å². The number of rotatable bonds is 4. The molecule has 0 saturated carbocycles. The molecule has 10 heteroatoms. The molecule has 1 spiro atoms. The highest BCUT2D eigenvalue weighted by Gasteiger charge is 2.46. The minimum absolute atomic E-state index is 0.0390. The standard InChI is InChI=1S/C24H32FN4O4P/c1-23(2,3)33-22(30)29-11-9-24(15-29)8-10-28(14-24)21-19(13-26-16-27-21)32-18-7-6-17(25)12-20(18)34(4,5)31/h6-7,12-13,16H,8-11,14-15H2,1-5H3. The lowest BCUT2D eigenvalue weighted by Crippen LogP contribution is -2.37. The van der Waals surface area contributed by atoms with Gasteiger partial charge in [-0.3, -0.25) is 0 Å². The van der Waals surface area contributed by atoms with Gasteiger partial charge < -0.3 is 23.8 Å². The molecule has 2 fully saturated rings. The number of carbonyl (C=O) groups is 1. The third kappa shape index (κ3) is 5.35. The van der Waals surface area contributed by atoms with Crippen LogP contribution in [-0.4, -0.2) is 66.1 Å². The van der Waals surface area contributed by atoms with Crippen LogP contribution in [0.1, 0.15) is 33.6 Å². The van der Waals surface area contributed by atoms with Crippen LogP contribution in [0.2, 0.25) is 0 Å². The van der Waals surface area contributed by atoms with Gasteiger partial charge in [-0.2, -0.15) is 0 Å². The third-order valence-corrected chi connectivity index (χ3v) is 7.72. The summed E-state index contributed by atoms with van der Waals surface area (Å²) in [5.41, 5.74) is -0.565. The van der Waals surface area contributed by atoms with E-state index >= 15 is 0 Å². The lowest BCUT2D eigenvalue weighted by Gasteiger charge is -2.27. The Hall–Kier alpha value is -2.67. The van der Waals surface area contributed by atoms with Gasteiger partial charge in [0, 0.05) is 31.6 Å². The van der Waals surface area contributed by atoms with Gasteiger partial charge in [0.05, 0.1) is 11.5 Å². The summed E-state index contributed by atoms with van der Waals surface area (Å²) in [6.45, 7) is 11.5. The summed E-state index contributed by atoms with van der Waals surface area (Å²) in [6, 6.07) is 4.03. The van der Waals surface area contributed by atoms with Crippen molar-refractivity contribution in [1.29, 1.82) is 0 Å². The van der Waals surface area contributed by atoms with Crippen molar-refractivity contribution in [3.63, 3.8) is 0 Å². The van der Waals surface area contributed by atoms with E-state index in [0.717, 1.165) is 25.9 Å². The zero-order valence-corrected chi connectivity index (χ0v) is 21.3. The molecule has 3 heterocycles. The van der Waals surface area contributed by atoms with E-state index in [1.54, 1.807) is 24.4 Å². The molecule has 1 aromatic carbocycles. The number of ether oxygens (including phenoxy) is 2. The average molecular weight is 491 g/mol. The number of anilines is 1. The van der Waals surface area contributed by atoms with E-state index in [1.165, 1.54) is 24.5 Å². The fourth-order valence-corrected chi connectivity index (χ4v) is 5.69. The molecule has 8 nitrogen and oxygen atoms in total. The first-order valence-electron chi connectivity index (χ1n) is 11.4. The number of likely N-dealkylation sites (tertiary alicyclic amines) is 1. The maximum atomic E-state index is 13.8. The molecule has 4 rings (SSSR count). The number of aromatic nitrogens is 2. The van der Waals surface area contributed by atoms with Crippen LogP contribution in [0.4, 0.5) is 15.0 Å². The second-order valence-corrected chi connectivity index (χ2v) is 13.8. The maximum Gasteiger partial charge on any atom is 0.410 e. The lowest BCUT2D eigenvalue weighted by atomic mass is 9.86. The Labute approximate surface area is 199 Å². The van der Waals surface area contributed by atoms with E-state index in [2.05, 4.69) is 14.9 Å². The Morgan fingerprint density at radius 1 is 1.15 bits per heavy atom. The van der Waals surface area contributed by atoms with E-state index in [-0.39, 0.29) is 11.5 Å². The number of amides is 1. The van der Waals surface area contributed by atoms with Crippen molar-refractivity contribution >= 4 is 24.4 Å². The van der Waals surface area contributed by atoms with Crippen molar-refractivity contribution in [2.24, 2.45) is 5.41 Å². The maximum absolute atomic E-state index is 13.8. The molecule has 2 aliphatic rings. The van der Waals surface area contributed by atoms with Gasteiger partial charge in [-0.15, -0.1) is 0 Å². The molecule has 0 N–H and O–H groups in total. The zero-order valence-electron chi connectivity index (χ0n) is 20.4. The fourth-order valence-electron chi connectivity index (χ4n) is 4.60. The Balaban J connectivity index is 1.52. The highest BCUT2D eigenvalue weighted by Crippen LogP contribution is 2.44. The fraction of sp³-hybridized carbons (Fsp3) is 0.542. The number of hydrogen-bond acceptors (Lipinski definition) is 7. The average Bonchev–Trinajstić information content (AvgIpc) is 3.35. The first-order valence-corrected chi connectivity index (χ1v) is 14.0. The zero-order chi connectivity index (χ0) is 24.7. The molecule has 1 atom stereocenters. The summed E-state index contributed by atoms with van der Waals surface area (Å²) < 4.78 is 38.2. The van der Waals surface area contributed by atoms with Crippen LogP contribution in [0.15, 0.2) is 30.7 Å². The monoisotopic (exact) mass is 490 g/mol. The van der Waals surface area contributed by atoms with Gasteiger partial charge in [0.1, 0.15) is 30.6 Å². The molecule has 0 radical (unpaired) electrons. The first kappa shape index (κ1) is 24.5. The van der Waals surface area contributed by atoms with Crippen molar-refractivity contribution in [2.75, 3.05) is 44.4 Å². The normalized spacial score (nSPS) is 20.8. The Morgan fingerprint density at radius 2 is 1.88 bits per heavy atom. The predicted octanol–water partition coefficient (Wildman–Crippen LogP) is 4.49. The van der Waals surface area contributed by atoms with Crippen molar-refractivity contribution in [2.45, 2.75) is 39.2 Å². The topological polar surface area (TPSA) is 84.9 Å². The Bertz CT molecular complexity index is 1130. The van der Waals surface area contributed by atoms with E-state index < -0.39 is 18.6 Å². The molecule has 184 valence electrons. The van der Waals surface area contributed by atoms with Crippen LogP contribution in [0.25, 0.3) is 0 Å². The molecule has 34 heavy (non-hydrogen) atoms. The molecule has 1 unspecified atom stereocenters. The molecule has 1 amide bonds. The van der Waals surface area contributed by atoms with Crippen LogP contribution in [0, 0.1) is 11.2 Å². The summed E-state index contributed by atoms with van der Waals surface area (Å²) in [4.78, 5) is 25.0. The van der Waals surface area contributed by atoms with E-state index in [4.69, 9.17) is 9.47 Å². The number of halogens is 1. The number of benzene rings is 1. The van der Waals surface area contributed by atoms with Gasteiger partial charge in [-0.05, 0) is 65.1 Å². The highest BCUT2D eigenvalue weighted by molar-refractivity contribution is 7.70. The molecule has 0 bridgehead atoms. The van der Waals surface area contributed by atoms with Crippen LogP contribution in [-0.2, 0) is 9.30 Å². The van der Waals surface area contributed by atoms with Crippen LogP contribution in [0.5, 0.6) is 11.5 Å². The molecule has 1 aromatic heterocycles. The van der Waals surface area contributed by atoms with Crippen molar-refractivity contribution in [3.05, 3.63) is 36.5 Å². The van der Waals surface area contributed by atoms with Gasteiger partial charge in [0.15, 0.2) is 11.6 Å². The van der Waals surface area contributed by atoms with Gasteiger partial charge in [-0.1, -0.05) is 0 Å².